The zero-order chi connectivity index (χ0) is 19.3. The third-order valence-corrected chi connectivity index (χ3v) is 5.94. The Hall–Kier alpha value is -3.15. The Morgan fingerprint density at radius 1 is 1.00 bits per heavy atom. The normalized spacial score (nSPS) is 23.4. The number of anilines is 1. The van der Waals surface area contributed by atoms with E-state index in [-0.39, 0.29) is 17.8 Å². The maximum Gasteiger partial charge on any atom is 0.339 e. The highest BCUT2D eigenvalue weighted by molar-refractivity contribution is 5.98. The Bertz CT molecular complexity index is 984. The van der Waals surface area contributed by atoms with Crippen molar-refractivity contribution in [3.05, 3.63) is 65.2 Å². The standard InChI is InChI=1S/C22H20N2O4/c25-19-6-3-12-24(19)16-9-7-15(8-10-16)20(26)23-13-11-22(14-23)18-5-2-1-4-17(18)21(27)28-22/h1-2,4-5,7-10H,3,6,11-14H2/t22-/m0/s1. The second-order valence-corrected chi connectivity index (χ2v) is 7.60. The van der Waals surface area contributed by atoms with Crippen LogP contribution in [0.3, 0.4) is 0 Å². The van der Waals surface area contributed by atoms with Gasteiger partial charge in [0.25, 0.3) is 5.91 Å². The summed E-state index contributed by atoms with van der Waals surface area (Å²) in [7, 11) is 0. The van der Waals surface area contributed by atoms with Crippen LogP contribution in [-0.2, 0) is 15.1 Å². The van der Waals surface area contributed by atoms with Crippen molar-refractivity contribution >= 4 is 23.5 Å². The van der Waals surface area contributed by atoms with Gasteiger partial charge in [-0.1, -0.05) is 18.2 Å². The molecule has 1 atom stereocenters. The fourth-order valence-corrected chi connectivity index (χ4v) is 4.49. The van der Waals surface area contributed by atoms with Gasteiger partial charge in [-0.2, -0.15) is 0 Å². The molecule has 6 nitrogen and oxygen atoms in total. The predicted molar refractivity (Wildman–Crippen MR) is 102 cm³/mol. The van der Waals surface area contributed by atoms with Crippen LogP contribution >= 0.6 is 0 Å². The first-order chi connectivity index (χ1) is 13.6. The second kappa shape index (κ2) is 6.19. The summed E-state index contributed by atoms with van der Waals surface area (Å²) in [6.07, 6.45) is 2.05. The van der Waals surface area contributed by atoms with Gasteiger partial charge in [0.1, 0.15) is 0 Å². The van der Waals surface area contributed by atoms with Crippen LogP contribution in [-0.4, -0.2) is 42.3 Å². The molecule has 0 bridgehead atoms. The number of amides is 2. The number of rotatable bonds is 2. The fraction of sp³-hybridized carbons (Fsp3) is 0.318. The maximum atomic E-state index is 13.0. The molecule has 0 N–H and O–H groups in total. The number of ether oxygens (including phenoxy) is 1. The molecular formula is C22H20N2O4. The van der Waals surface area contributed by atoms with Crippen molar-refractivity contribution in [3.63, 3.8) is 0 Å². The van der Waals surface area contributed by atoms with E-state index in [0.29, 0.717) is 37.1 Å². The summed E-state index contributed by atoms with van der Waals surface area (Å²) in [6.45, 7) is 1.62. The molecule has 6 heteroatoms. The van der Waals surface area contributed by atoms with Crippen LogP contribution in [0, 0.1) is 0 Å². The topological polar surface area (TPSA) is 66.9 Å². The highest BCUT2D eigenvalue weighted by Crippen LogP contribution is 2.43. The Morgan fingerprint density at radius 2 is 1.79 bits per heavy atom. The van der Waals surface area contributed by atoms with Gasteiger partial charge in [-0.05, 0) is 36.8 Å². The largest absolute Gasteiger partial charge is 0.449 e. The molecular weight excluding hydrogens is 356 g/mol. The van der Waals surface area contributed by atoms with Gasteiger partial charge in [0, 0.05) is 42.7 Å². The lowest BCUT2D eigenvalue weighted by atomic mass is 9.91. The third-order valence-electron chi connectivity index (χ3n) is 5.94. The third kappa shape index (κ3) is 2.52. The molecule has 0 radical (unpaired) electrons. The van der Waals surface area contributed by atoms with E-state index in [1.807, 2.05) is 30.3 Å². The lowest BCUT2D eigenvalue weighted by Gasteiger charge is -2.24. The highest BCUT2D eigenvalue weighted by atomic mass is 16.6. The van der Waals surface area contributed by atoms with Crippen molar-refractivity contribution in [1.29, 1.82) is 0 Å². The van der Waals surface area contributed by atoms with Gasteiger partial charge in [-0.25, -0.2) is 4.79 Å². The summed E-state index contributed by atoms with van der Waals surface area (Å²) in [5.41, 5.74) is 2.14. The smallest absolute Gasteiger partial charge is 0.339 e. The van der Waals surface area contributed by atoms with Crippen molar-refractivity contribution in [2.75, 3.05) is 24.5 Å². The van der Waals surface area contributed by atoms with Gasteiger partial charge in [0.05, 0.1) is 12.1 Å². The summed E-state index contributed by atoms with van der Waals surface area (Å²) in [5, 5.41) is 0. The van der Waals surface area contributed by atoms with Crippen LogP contribution in [0.5, 0.6) is 0 Å². The van der Waals surface area contributed by atoms with E-state index in [1.165, 1.54) is 0 Å². The average molecular weight is 376 g/mol. The summed E-state index contributed by atoms with van der Waals surface area (Å²) >= 11 is 0. The van der Waals surface area contributed by atoms with Crippen LogP contribution in [0.4, 0.5) is 5.69 Å². The number of likely N-dealkylation sites (tertiary alicyclic amines) is 1. The summed E-state index contributed by atoms with van der Waals surface area (Å²) in [5.74, 6) is -0.275. The number of benzene rings is 2. The SMILES string of the molecule is O=C1O[C@]2(CCN(C(=O)c3ccc(N4CCCC4=O)cc3)C2)c2ccccc21. The molecule has 2 amide bonds. The molecule has 3 heterocycles. The lowest BCUT2D eigenvalue weighted by Crippen LogP contribution is -2.34. The summed E-state index contributed by atoms with van der Waals surface area (Å²) in [6, 6.07) is 14.6. The average Bonchev–Trinajstić information content (AvgIpc) is 3.41. The highest BCUT2D eigenvalue weighted by Gasteiger charge is 2.50. The van der Waals surface area contributed by atoms with E-state index in [0.717, 1.165) is 24.2 Å². The van der Waals surface area contributed by atoms with E-state index in [2.05, 4.69) is 0 Å². The number of esters is 1. The first kappa shape index (κ1) is 17.0. The number of carbonyl (C=O) groups is 3. The first-order valence-electron chi connectivity index (χ1n) is 9.60. The van der Waals surface area contributed by atoms with E-state index in [1.54, 1.807) is 28.0 Å². The van der Waals surface area contributed by atoms with Gasteiger partial charge in [-0.15, -0.1) is 0 Å². The summed E-state index contributed by atoms with van der Waals surface area (Å²) in [4.78, 5) is 40.6. The van der Waals surface area contributed by atoms with Gasteiger partial charge in [0.15, 0.2) is 5.60 Å². The second-order valence-electron chi connectivity index (χ2n) is 7.60. The maximum absolute atomic E-state index is 13.0. The van der Waals surface area contributed by atoms with Crippen molar-refractivity contribution in [3.8, 4) is 0 Å². The van der Waals surface area contributed by atoms with Crippen molar-refractivity contribution in [2.24, 2.45) is 0 Å². The van der Waals surface area contributed by atoms with Crippen molar-refractivity contribution < 1.29 is 19.1 Å². The Kier molecular flexibility index (Phi) is 3.75. The van der Waals surface area contributed by atoms with Crippen LogP contribution in [0.25, 0.3) is 0 Å². The van der Waals surface area contributed by atoms with Gasteiger partial charge in [-0.3, -0.25) is 9.59 Å². The molecule has 0 aliphatic carbocycles. The summed E-state index contributed by atoms with van der Waals surface area (Å²) < 4.78 is 5.72. The van der Waals surface area contributed by atoms with E-state index < -0.39 is 5.60 Å². The minimum atomic E-state index is -0.731. The molecule has 1 spiro atoms. The van der Waals surface area contributed by atoms with E-state index in [4.69, 9.17) is 4.74 Å². The van der Waals surface area contributed by atoms with Crippen LogP contribution in [0.2, 0.25) is 0 Å². The molecule has 2 fully saturated rings. The van der Waals surface area contributed by atoms with Crippen molar-refractivity contribution in [1.82, 2.24) is 4.90 Å². The molecule has 28 heavy (non-hydrogen) atoms. The van der Waals surface area contributed by atoms with Gasteiger partial charge >= 0.3 is 5.97 Å². The van der Waals surface area contributed by atoms with Gasteiger partial charge < -0.3 is 14.5 Å². The fourth-order valence-electron chi connectivity index (χ4n) is 4.49. The Morgan fingerprint density at radius 3 is 2.54 bits per heavy atom. The van der Waals surface area contributed by atoms with Gasteiger partial charge in [0.2, 0.25) is 5.91 Å². The minimum absolute atomic E-state index is 0.0865. The molecule has 3 aliphatic heterocycles. The lowest BCUT2D eigenvalue weighted by molar-refractivity contribution is -0.117. The Balaban J connectivity index is 1.35. The monoisotopic (exact) mass is 376 g/mol. The van der Waals surface area contributed by atoms with Crippen LogP contribution in [0.1, 0.15) is 45.5 Å². The van der Waals surface area contributed by atoms with Crippen LogP contribution in [0.15, 0.2) is 48.5 Å². The predicted octanol–water partition coefficient (Wildman–Crippen LogP) is 2.73. The number of fused-ring (bicyclic) bond motifs is 2. The molecule has 2 aromatic rings. The quantitative estimate of drug-likeness (QED) is 0.756. The molecule has 3 aliphatic rings. The van der Waals surface area contributed by atoms with E-state index >= 15 is 0 Å². The zero-order valence-electron chi connectivity index (χ0n) is 15.4. The molecule has 142 valence electrons. The molecule has 0 saturated carbocycles. The molecule has 0 unspecified atom stereocenters. The Labute approximate surface area is 162 Å². The first-order valence-corrected chi connectivity index (χ1v) is 9.60. The molecule has 2 aromatic carbocycles. The molecule has 0 aromatic heterocycles. The zero-order valence-corrected chi connectivity index (χ0v) is 15.4. The number of hydrogen-bond acceptors (Lipinski definition) is 4. The molecule has 2 saturated heterocycles. The molecule has 5 rings (SSSR count). The minimum Gasteiger partial charge on any atom is -0.449 e. The van der Waals surface area contributed by atoms with E-state index in [9.17, 15) is 14.4 Å². The number of carbonyl (C=O) groups excluding carboxylic acids is 3. The van der Waals surface area contributed by atoms with Crippen LogP contribution < -0.4 is 4.90 Å². The number of hydrogen-bond donors (Lipinski definition) is 0. The van der Waals surface area contributed by atoms with Crippen molar-refractivity contribution in [2.45, 2.75) is 24.9 Å². The number of nitrogens with zero attached hydrogens (tertiary/aromatic N) is 2.